The van der Waals surface area contributed by atoms with Gasteiger partial charge in [-0.05, 0) is 33.1 Å². The Morgan fingerprint density at radius 2 is 1.35 bits per heavy atom. The Hall–Kier alpha value is -1.58. The topological polar surface area (TPSA) is 74.6 Å². The Bertz CT molecular complexity index is 340. The summed E-state index contributed by atoms with van der Waals surface area (Å²) in [4.78, 5) is 20.4. The lowest BCUT2D eigenvalue weighted by Gasteiger charge is -1.95. The van der Waals surface area contributed by atoms with E-state index >= 15 is 0 Å². The minimum absolute atomic E-state index is 0.424. The van der Waals surface area contributed by atoms with Crippen LogP contribution >= 0.6 is 0 Å². The Kier molecular flexibility index (Phi) is 14.3. The summed E-state index contributed by atoms with van der Waals surface area (Å²) in [6.07, 6.45) is 9.97. The van der Waals surface area contributed by atoms with Crippen molar-refractivity contribution in [3.63, 3.8) is 0 Å². The Labute approximate surface area is 122 Å². The van der Waals surface area contributed by atoms with E-state index in [2.05, 4.69) is 6.92 Å². The lowest BCUT2D eigenvalue weighted by atomic mass is 10.1. The summed E-state index contributed by atoms with van der Waals surface area (Å²) >= 11 is 0. The third kappa shape index (κ3) is 14.5. The first-order valence-electron chi connectivity index (χ1n) is 7.16. The van der Waals surface area contributed by atoms with E-state index in [-0.39, 0.29) is 0 Å². The smallest absolute Gasteiger partial charge is 0.330 e. The average Bonchev–Trinajstić information content (AvgIpc) is 2.39. The molecule has 0 aromatic heterocycles. The van der Waals surface area contributed by atoms with Crippen LogP contribution in [0.25, 0.3) is 0 Å². The van der Waals surface area contributed by atoms with Crippen molar-refractivity contribution < 1.29 is 19.8 Å². The predicted octanol–water partition coefficient (Wildman–Crippen LogP) is 4.42. The summed E-state index contributed by atoms with van der Waals surface area (Å²) in [6, 6.07) is 0. The van der Waals surface area contributed by atoms with Gasteiger partial charge in [-0.25, -0.2) is 9.59 Å². The van der Waals surface area contributed by atoms with Crippen LogP contribution in [0.2, 0.25) is 0 Å². The Balaban J connectivity index is 0. The second-order valence-electron chi connectivity index (χ2n) is 4.64. The molecule has 0 heterocycles. The molecule has 0 rings (SSSR count). The minimum atomic E-state index is -0.827. The van der Waals surface area contributed by atoms with E-state index < -0.39 is 11.9 Å². The van der Waals surface area contributed by atoms with Gasteiger partial charge in [0.25, 0.3) is 0 Å². The monoisotopic (exact) mass is 284 g/mol. The SMILES string of the molecule is CC/C=C(\C)C(=O)O.CCCCCC/C=C(\C)C(=O)O. The fourth-order valence-electron chi connectivity index (χ4n) is 1.37. The van der Waals surface area contributed by atoms with Crippen molar-refractivity contribution in [2.24, 2.45) is 0 Å². The molecule has 0 aliphatic heterocycles. The lowest BCUT2D eigenvalue weighted by Crippen LogP contribution is -1.95. The van der Waals surface area contributed by atoms with Crippen LogP contribution in [0.3, 0.4) is 0 Å². The van der Waals surface area contributed by atoms with Gasteiger partial charge in [0, 0.05) is 11.1 Å². The van der Waals surface area contributed by atoms with Gasteiger partial charge in [-0.3, -0.25) is 0 Å². The molecular weight excluding hydrogens is 256 g/mol. The molecule has 0 unspecified atom stereocenters. The average molecular weight is 284 g/mol. The summed E-state index contributed by atoms with van der Waals surface area (Å²) in [7, 11) is 0. The van der Waals surface area contributed by atoms with Crippen molar-refractivity contribution in [3.8, 4) is 0 Å². The van der Waals surface area contributed by atoms with Gasteiger partial charge in [0.1, 0.15) is 0 Å². The van der Waals surface area contributed by atoms with Crippen molar-refractivity contribution in [1.82, 2.24) is 0 Å². The number of hydrogen-bond donors (Lipinski definition) is 2. The third-order valence-corrected chi connectivity index (χ3v) is 2.69. The molecule has 0 radical (unpaired) electrons. The second-order valence-corrected chi connectivity index (χ2v) is 4.64. The largest absolute Gasteiger partial charge is 0.478 e. The normalized spacial score (nSPS) is 11.6. The predicted molar refractivity (Wildman–Crippen MR) is 81.8 cm³/mol. The molecule has 0 aliphatic carbocycles. The van der Waals surface area contributed by atoms with Crippen LogP contribution in [0.15, 0.2) is 23.3 Å². The number of hydrogen-bond acceptors (Lipinski definition) is 2. The molecule has 0 amide bonds. The first-order chi connectivity index (χ1) is 9.36. The number of aliphatic carboxylic acids is 2. The van der Waals surface area contributed by atoms with Crippen molar-refractivity contribution in [3.05, 3.63) is 23.3 Å². The molecule has 0 atom stereocenters. The zero-order valence-electron chi connectivity index (χ0n) is 13.1. The molecule has 0 aromatic carbocycles. The van der Waals surface area contributed by atoms with Crippen LogP contribution in [-0.4, -0.2) is 22.2 Å². The number of carboxylic acid groups (broad SMARTS) is 2. The van der Waals surface area contributed by atoms with Gasteiger partial charge in [0.05, 0.1) is 0 Å². The Morgan fingerprint density at radius 3 is 1.70 bits per heavy atom. The van der Waals surface area contributed by atoms with Gasteiger partial charge in [-0.1, -0.05) is 45.3 Å². The van der Waals surface area contributed by atoms with Crippen LogP contribution in [-0.2, 0) is 9.59 Å². The Morgan fingerprint density at radius 1 is 0.850 bits per heavy atom. The highest BCUT2D eigenvalue weighted by Gasteiger charge is 1.97. The maximum absolute atomic E-state index is 10.4. The highest BCUT2D eigenvalue weighted by molar-refractivity contribution is 5.86. The van der Waals surface area contributed by atoms with Crippen molar-refractivity contribution >= 4 is 11.9 Å². The summed E-state index contributed by atoms with van der Waals surface area (Å²) in [5, 5.41) is 16.8. The summed E-state index contributed by atoms with van der Waals surface area (Å²) < 4.78 is 0. The summed E-state index contributed by atoms with van der Waals surface area (Å²) in [6.45, 7) is 7.30. The van der Waals surface area contributed by atoms with Gasteiger partial charge in [-0.2, -0.15) is 0 Å². The number of rotatable bonds is 8. The maximum atomic E-state index is 10.4. The van der Waals surface area contributed by atoms with Gasteiger partial charge < -0.3 is 10.2 Å². The van der Waals surface area contributed by atoms with E-state index in [1.54, 1.807) is 26.0 Å². The number of unbranched alkanes of at least 4 members (excludes halogenated alkanes) is 4. The van der Waals surface area contributed by atoms with Crippen LogP contribution < -0.4 is 0 Å². The third-order valence-electron chi connectivity index (χ3n) is 2.69. The molecule has 0 saturated heterocycles. The van der Waals surface area contributed by atoms with Crippen molar-refractivity contribution in [2.75, 3.05) is 0 Å². The molecule has 0 aliphatic rings. The van der Waals surface area contributed by atoms with E-state index in [0.717, 1.165) is 19.3 Å². The minimum Gasteiger partial charge on any atom is -0.478 e. The maximum Gasteiger partial charge on any atom is 0.330 e. The lowest BCUT2D eigenvalue weighted by molar-refractivity contribution is -0.133. The number of allylic oxidation sites excluding steroid dienone is 2. The van der Waals surface area contributed by atoms with Gasteiger partial charge in [0.15, 0.2) is 0 Å². The molecule has 2 N–H and O–H groups in total. The molecule has 0 bridgehead atoms. The molecular formula is C16H28O4. The van der Waals surface area contributed by atoms with Crippen molar-refractivity contribution in [1.29, 1.82) is 0 Å². The molecule has 0 spiro atoms. The van der Waals surface area contributed by atoms with E-state index in [9.17, 15) is 9.59 Å². The van der Waals surface area contributed by atoms with Gasteiger partial charge in [0.2, 0.25) is 0 Å². The highest BCUT2D eigenvalue weighted by atomic mass is 16.4. The molecule has 116 valence electrons. The van der Waals surface area contributed by atoms with Crippen molar-refractivity contribution in [2.45, 2.75) is 66.2 Å². The first kappa shape index (κ1) is 20.7. The number of carboxylic acids is 2. The van der Waals surface area contributed by atoms with Crippen LogP contribution in [0.5, 0.6) is 0 Å². The summed E-state index contributed by atoms with van der Waals surface area (Å²) in [5.74, 6) is -1.63. The quantitative estimate of drug-likeness (QED) is 0.511. The van der Waals surface area contributed by atoms with E-state index in [0.29, 0.717) is 11.1 Å². The summed E-state index contributed by atoms with van der Waals surface area (Å²) in [5.41, 5.74) is 0.888. The molecule has 0 fully saturated rings. The molecule has 20 heavy (non-hydrogen) atoms. The van der Waals surface area contributed by atoms with Crippen LogP contribution in [0.1, 0.15) is 66.2 Å². The van der Waals surface area contributed by atoms with Crippen LogP contribution in [0.4, 0.5) is 0 Å². The fraction of sp³-hybridized carbons (Fsp3) is 0.625. The zero-order valence-corrected chi connectivity index (χ0v) is 13.1. The van der Waals surface area contributed by atoms with E-state index in [4.69, 9.17) is 10.2 Å². The second kappa shape index (κ2) is 13.8. The standard InChI is InChI=1S/C10H18O2.C6H10O2/c1-3-4-5-6-7-8-9(2)10(11)12;1-3-4-5(2)6(7)8/h8H,3-7H2,1-2H3,(H,11,12);4H,3H2,1-2H3,(H,7,8)/b9-8+;5-4+. The molecule has 0 saturated carbocycles. The molecule has 4 heteroatoms. The molecule has 4 nitrogen and oxygen atoms in total. The first-order valence-corrected chi connectivity index (χ1v) is 7.16. The van der Waals surface area contributed by atoms with E-state index in [1.807, 2.05) is 6.92 Å². The van der Waals surface area contributed by atoms with Crippen LogP contribution in [0, 0.1) is 0 Å². The number of carbonyl (C=O) groups is 2. The molecule has 0 aromatic rings. The zero-order chi connectivity index (χ0) is 16.0. The van der Waals surface area contributed by atoms with Gasteiger partial charge in [-0.15, -0.1) is 0 Å². The van der Waals surface area contributed by atoms with Gasteiger partial charge >= 0.3 is 11.9 Å². The van der Waals surface area contributed by atoms with E-state index in [1.165, 1.54) is 19.3 Å². The highest BCUT2D eigenvalue weighted by Crippen LogP contribution is 2.05. The fourth-order valence-corrected chi connectivity index (χ4v) is 1.37.